The molecule has 0 aromatic heterocycles. The molecule has 0 heterocycles. The lowest BCUT2D eigenvalue weighted by Crippen LogP contribution is -2.37. The van der Waals surface area contributed by atoms with E-state index in [-0.39, 0.29) is 21.8 Å². The van der Waals surface area contributed by atoms with E-state index in [1.165, 1.54) is 18.2 Å². The van der Waals surface area contributed by atoms with Crippen LogP contribution in [-0.2, 0) is 9.05 Å². The number of hydrogen-bond donors (Lipinski definition) is 1. The zero-order chi connectivity index (χ0) is 15.6. The van der Waals surface area contributed by atoms with Crippen molar-refractivity contribution < 1.29 is 13.2 Å². The number of amides is 1. The summed E-state index contributed by atoms with van der Waals surface area (Å²) in [5, 5.41) is 2.82. The SMILES string of the molecule is CC(C)C(C)(C)CNC(=O)c1cccc(S(=O)(=O)Cl)c1. The summed E-state index contributed by atoms with van der Waals surface area (Å²) in [6.07, 6.45) is 0. The van der Waals surface area contributed by atoms with Gasteiger partial charge in [-0.05, 0) is 29.5 Å². The summed E-state index contributed by atoms with van der Waals surface area (Å²) in [5.41, 5.74) is 0.248. The number of benzene rings is 1. The maximum Gasteiger partial charge on any atom is 0.261 e. The maximum absolute atomic E-state index is 12.0. The molecule has 0 aliphatic rings. The third kappa shape index (κ3) is 4.49. The highest BCUT2D eigenvalue weighted by Gasteiger charge is 2.23. The van der Waals surface area contributed by atoms with Crippen molar-refractivity contribution in [2.75, 3.05) is 6.54 Å². The largest absolute Gasteiger partial charge is 0.351 e. The van der Waals surface area contributed by atoms with Crippen molar-refractivity contribution in [3.05, 3.63) is 29.8 Å². The quantitative estimate of drug-likeness (QED) is 0.849. The lowest BCUT2D eigenvalue weighted by molar-refractivity contribution is 0.0924. The van der Waals surface area contributed by atoms with Gasteiger partial charge < -0.3 is 5.32 Å². The van der Waals surface area contributed by atoms with Crippen molar-refractivity contribution in [1.29, 1.82) is 0 Å². The van der Waals surface area contributed by atoms with Crippen LogP contribution in [0.5, 0.6) is 0 Å². The van der Waals surface area contributed by atoms with Crippen LogP contribution in [0.4, 0.5) is 0 Å². The molecule has 0 saturated carbocycles. The Morgan fingerprint density at radius 1 is 1.35 bits per heavy atom. The van der Waals surface area contributed by atoms with E-state index in [9.17, 15) is 13.2 Å². The van der Waals surface area contributed by atoms with Crippen LogP contribution < -0.4 is 5.32 Å². The van der Waals surface area contributed by atoms with Gasteiger partial charge >= 0.3 is 0 Å². The molecule has 0 aliphatic heterocycles. The van der Waals surface area contributed by atoms with Crippen LogP contribution >= 0.6 is 10.7 Å². The first-order valence-corrected chi connectivity index (χ1v) is 8.68. The number of carbonyl (C=O) groups excluding carboxylic acids is 1. The molecule has 1 aromatic carbocycles. The van der Waals surface area contributed by atoms with E-state index in [1.54, 1.807) is 6.07 Å². The fourth-order valence-corrected chi connectivity index (χ4v) is 2.20. The molecule has 1 N–H and O–H groups in total. The Morgan fingerprint density at radius 2 is 1.95 bits per heavy atom. The van der Waals surface area contributed by atoms with Crippen molar-refractivity contribution in [3.63, 3.8) is 0 Å². The highest BCUT2D eigenvalue weighted by Crippen LogP contribution is 2.25. The molecule has 1 aromatic rings. The van der Waals surface area contributed by atoms with Crippen LogP contribution in [0.3, 0.4) is 0 Å². The molecular weight excluding hydrogens is 298 g/mol. The average Bonchev–Trinajstić information content (AvgIpc) is 2.35. The van der Waals surface area contributed by atoms with E-state index in [0.717, 1.165) is 0 Å². The molecule has 4 nitrogen and oxygen atoms in total. The van der Waals surface area contributed by atoms with Crippen LogP contribution in [-0.4, -0.2) is 20.9 Å². The van der Waals surface area contributed by atoms with Gasteiger partial charge in [-0.2, -0.15) is 0 Å². The van der Waals surface area contributed by atoms with Gasteiger partial charge in [-0.3, -0.25) is 4.79 Å². The molecule has 0 bridgehead atoms. The standard InChI is InChI=1S/C14H20ClNO3S/c1-10(2)14(3,4)9-16-13(17)11-6-5-7-12(8-11)20(15,18)19/h5-8,10H,9H2,1-4H3,(H,16,17). The third-order valence-electron chi connectivity index (χ3n) is 3.65. The minimum Gasteiger partial charge on any atom is -0.351 e. The second-order valence-corrected chi connectivity index (χ2v) is 8.36. The van der Waals surface area contributed by atoms with Crippen molar-refractivity contribution in [2.24, 2.45) is 11.3 Å². The molecule has 0 radical (unpaired) electrons. The lowest BCUT2D eigenvalue weighted by Gasteiger charge is -2.29. The minimum atomic E-state index is -3.82. The summed E-state index contributed by atoms with van der Waals surface area (Å²) < 4.78 is 22.5. The predicted molar refractivity (Wildman–Crippen MR) is 80.4 cm³/mol. The van der Waals surface area contributed by atoms with Crippen LogP contribution in [0.25, 0.3) is 0 Å². The summed E-state index contributed by atoms with van der Waals surface area (Å²) in [5.74, 6) is 0.109. The molecular formula is C14H20ClNO3S. The summed E-state index contributed by atoms with van der Waals surface area (Å²) >= 11 is 0. The molecule has 6 heteroatoms. The maximum atomic E-state index is 12.0. The van der Waals surface area contributed by atoms with Crippen molar-refractivity contribution >= 4 is 25.6 Å². The monoisotopic (exact) mass is 317 g/mol. The molecule has 1 rings (SSSR count). The van der Waals surface area contributed by atoms with E-state index >= 15 is 0 Å². The Morgan fingerprint density at radius 3 is 2.45 bits per heavy atom. The molecule has 0 saturated heterocycles. The Hall–Kier alpha value is -1.07. The van der Waals surface area contributed by atoms with Crippen LogP contribution in [0.2, 0.25) is 0 Å². The van der Waals surface area contributed by atoms with Crippen LogP contribution in [0.1, 0.15) is 38.1 Å². The van der Waals surface area contributed by atoms with Gasteiger partial charge in [-0.1, -0.05) is 33.8 Å². The smallest absolute Gasteiger partial charge is 0.261 e. The van der Waals surface area contributed by atoms with Gasteiger partial charge in [0.05, 0.1) is 4.90 Å². The van der Waals surface area contributed by atoms with Crippen molar-refractivity contribution in [3.8, 4) is 0 Å². The first kappa shape index (κ1) is 17.0. The van der Waals surface area contributed by atoms with Crippen LogP contribution in [0, 0.1) is 11.3 Å². The highest BCUT2D eigenvalue weighted by atomic mass is 35.7. The molecule has 0 unspecified atom stereocenters. The Labute approximate surface area is 124 Å². The zero-order valence-corrected chi connectivity index (χ0v) is 13.7. The number of halogens is 1. The van der Waals surface area contributed by atoms with E-state index in [4.69, 9.17) is 10.7 Å². The molecule has 0 spiro atoms. The normalized spacial score (nSPS) is 12.5. The summed E-state index contributed by atoms with van der Waals surface area (Å²) in [6, 6.07) is 5.69. The van der Waals surface area contributed by atoms with E-state index in [0.29, 0.717) is 12.5 Å². The fourth-order valence-electron chi connectivity index (χ4n) is 1.40. The van der Waals surface area contributed by atoms with E-state index in [2.05, 4.69) is 33.0 Å². The fraction of sp³-hybridized carbons (Fsp3) is 0.500. The summed E-state index contributed by atoms with van der Waals surface area (Å²) in [7, 11) is 1.44. The van der Waals surface area contributed by atoms with Gasteiger partial charge in [-0.25, -0.2) is 8.42 Å². The predicted octanol–water partition coefficient (Wildman–Crippen LogP) is 3.03. The summed E-state index contributed by atoms with van der Waals surface area (Å²) in [4.78, 5) is 12.0. The topological polar surface area (TPSA) is 63.2 Å². The first-order chi connectivity index (χ1) is 9.04. The van der Waals surface area contributed by atoms with Crippen molar-refractivity contribution in [1.82, 2.24) is 5.32 Å². The van der Waals surface area contributed by atoms with Gasteiger partial charge in [-0.15, -0.1) is 0 Å². The molecule has 1 amide bonds. The first-order valence-electron chi connectivity index (χ1n) is 6.37. The number of rotatable bonds is 5. The van der Waals surface area contributed by atoms with E-state index in [1.807, 2.05) is 0 Å². The van der Waals surface area contributed by atoms with E-state index < -0.39 is 9.05 Å². The minimum absolute atomic E-state index is 0.0359. The molecule has 112 valence electrons. The van der Waals surface area contributed by atoms with Gasteiger partial charge in [0.2, 0.25) is 0 Å². The Kier molecular flexibility index (Phi) is 5.21. The Bertz CT molecular complexity index is 594. The second-order valence-electron chi connectivity index (χ2n) is 5.79. The van der Waals surface area contributed by atoms with Gasteiger partial charge in [0.1, 0.15) is 0 Å². The molecule has 0 fully saturated rings. The molecule has 0 aliphatic carbocycles. The average molecular weight is 318 g/mol. The molecule has 20 heavy (non-hydrogen) atoms. The third-order valence-corrected chi connectivity index (χ3v) is 5.00. The number of hydrogen-bond acceptors (Lipinski definition) is 3. The lowest BCUT2D eigenvalue weighted by atomic mass is 9.81. The summed E-state index contributed by atoms with van der Waals surface area (Å²) in [6.45, 7) is 8.83. The number of carbonyl (C=O) groups is 1. The van der Waals surface area contributed by atoms with Crippen LogP contribution in [0.15, 0.2) is 29.2 Å². The van der Waals surface area contributed by atoms with Gasteiger partial charge in [0, 0.05) is 22.8 Å². The van der Waals surface area contributed by atoms with Crippen molar-refractivity contribution in [2.45, 2.75) is 32.6 Å². The second kappa shape index (κ2) is 6.14. The Balaban J connectivity index is 2.84. The number of nitrogens with one attached hydrogen (secondary N) is 1. The highest BCUT2D eigenvalue weighted by molar-refractivity contribution is 8.13. The van der Waals surface area contributed by atoms with Gasteiger partial charge in [0.15, 0.2) is 0 Å². The zero-order valence-electron chi connectivity index (χ0n) is 12.1. The molecule has 0 atom stereocenters. The van der Waals surface area contributed by atoms with Gasteiger partial charge in [0.25, 0.3) is 15.0 Å².